The second-order valence-corrected chi connectivity index (χ2v) is 8.12. The van der Waals surface area contributed by atoms with E-state index in [0.29, 0.717) is 17.6 Å². The molecule has 1 saturated heterocycles. The molecule has 0 radical (unpaired) electrons. The van der Waals surface area contributed by atoms with Gasteiger partial charge in [0, 0.05) is 23.5 Å². The molecular weight excluding hydrogens is 422 g/mol. The van der Waals surface area contributed by atoms with Crippen LogP contribution in [-0.4, -0.2) is 39.5 Å². The highest BCUT2D eigenvalue weighted by Crippen LogP contribution is 2.76. The molecule has 2 aromatic rings. The number of carboxylic acid groups (broad SMARTS) is 1. The Morgan fingerprint density at radius 3 is 2.45 bits per heavy atom. The molecule has 1 saturated carbocycles. The van der Waals surface area contributed by atoms with Crippen LogP contribution in [0.4, 0.5) is 31.1 Å². The molecule has 1 aliphatic carbocycles. The third kappa shape index (κ3) is 3.06. The fraction of sp³-hybridized carbons (Fsp3) is 0.444. The van der Waals surface area contributed by atoms with Crippen LogP contribution >= 0.6 is 11.5 Å². The minimum atomic E-state index is -4.82. The molecule has 1 aliphatic heterocycles. The molecule has 4 nitrogen and oxygen atoms in total. The molecule has 4 rings (SSSR count). The fourth-order valence-electron chi connectivity index (χ4n) is 4.21. The van der Waals surface area contributed by atoms with Gasteiger partial charge in [-0.25, -0.2) is 18.0 Å². The van der Waals surface area contributed by atoms with Crippen molar-refractivity contribution < 1.29 is 36.2 Å². The number of likely N-dealkylation sites (tertiary alicyclic amines) is 1. The zero-order chi connectivity index (χ0) is 21.2. The first-order chi connectivity index (χ1) is 13.5. The lowest BCUT2D eigenvalue weighted by molar-refractivity contribution is -0.137. The van der Waals surface area contributed by atoms with Crippen molar-refractivity contribution in [1.82, 2.24) is 9.27 Å². The van der Waals surface area contributed by atoms with E-state index in [9.17, 15) is 31.1 Å². The first kappa shape index (κ1) is 20.0. The quantitative estimate of drug-likeness (QED) is 0.636. The van der Waals surface area contributed by atoms with E-state index in [2.05, 4.69) is 4.37 Å². The number of hydrogen-bond acceptors (Lipinski definition) is 3. The molecule has 1 unspecified atom stereocenters. The highest BCUT2D eigenvalue weighted by Gasteiger charge is 2.81. The van der Waals surface area contributed by atoms with Gasteiger partial charge in [0.1, 0.15) is 5.82 Å². The molecule has 156 valence electrons. The second kappa shape index (κ2) is 6.35. The van der Waals surface area contributed by atoms with E-state index in [4.69, 9.17) is 5.11 Å². The van der Waals surface area contributed by atoms with Crippen LogP contribution in [0.3, 0.4) is 0 Å². The number of alkyl halides is 5. The number of nitrogens with zero attached hydrogens (tertiary/aromatic N) is 2. The summed E-state index contributed by atoms with van der Waals surface area (Å²) in [5.74, 6) is -5.36. The zero-order valence-corrected chi connectivity index (χ0v) is 15.5. The van der Waals surface area contributed by atoms with Crippen molar-refractivity contribution in [3.05, 3.63) is 40.5 Å². The van der Waals surface area contributed by atoms with Crippen LogP contribution in [0.2, 0.25) is 0 Å². The molecule has 29 heavy (non-hydrogen) atoms. The summed E-state index contributed by atoms with van der Waals surface area (Å²) in [4.78, 5) is 12.2. The molecule has 1 amide bonds. The number of rotatable bonds is 2. The fourth-order valence-corrected chi connectivity index (χ4v) is 5.20. The molecule has 2 fully saturated rings. The van der Waals surface area contributed by atoms with Crippen molar-refractivity contribution in [3.63, 3.8) is 0 Å². The van der Waals surface area contributed by atoms with Crippen LogP contribution in [0.25, 0.3) is 11.3 Å². The summed E-state index contributed by atoms with van der Waals surface area (Å²) in [5, 5.41) is 8.99. The number of piperidine rings is 1. The predicted octanol–water partition coefficient (Wildman–Crippen LogP) is 5.46. The van der Waals surface area contributed by atoms with Crippen molar-refractivity contribution in [1.29, 1.82) is 0 Å². The van der Waals surface area contributed by atoms with E-state index >= 15 is 0 Å². The van der Waals surface area contributed by atoms with Gasteiger partial charge in [-0.1, -0.05) is 0 Å². The summed E-state index contributed by atoms with van der Waals surface area (Å²) in [6.07, 6.45) is -6.06. The summed E-state index contributed by atoms with van der Waals surface area (Å²) in [7, 11) is 0. The Morgan fingerprint density at radius 1 is 1.21 bits per heavy atom. The van der Waals surface area contributed by atoms with Crippen molar-refractivity contribution in [2.45, 2.75) is 30.9 Å². The van der Waals surface area contributed by atoms with Crippen molar-refractivity contribution >= 4 is 17.6 Å². The van der Waals surface area contributed by atoms with Crippen LogP contribution in [0.15, 0.2) is 24.3 Å². The Morgan fingerprint density at radius 2 is 1.86 bits per heavy atom. The van der Waals surface area contributed by atoms with Crippen molar-refractivity contribution in [3.8, 4) is 11.3 Å². The maximum atomic E-state index is 14.7. The standard InChI is InChI=1S/C18H14F6N2O2S/c19-9-1-2-10(11(7-9)18(22,23)24)12-8-13(29-25-12)14-16(17(14,20)21)3-5-26(6-4-16)15(27)28/h1-2,7-8,14H,3-6H2,(H,27,28). The van der Waals surface area contributed by atoms with Crippen LogP contribution in [-0.2, 0) is 6.18 Å². The van der Waals surface area contributed by atoms with Crippen molar-refractivity contribution in [2.75, 3.05) is 13.1 Å². The lowest BCUT2D eigenvalue weighted by Gasteiger charge is -2.30. The Hall–Kier alpha value is -2.30. The molecule has 2 aliphatic rings. The molecule has 1 spiro atoms. The number of hydrogen-bond donors (Lipinski definition) is 1. The third-order valence-corrected chi connectivity index (χ3v) is 6.65. The monoisotopic (exact) mass is 436 g/mol. The Bertz CT molecular complexity index is 966. The number of halogens is 6. The molecule has 11 heteroatoms. The molecular formula is C18H14F6N2O2S. The van der Waals surface area contributed by atoms with Gasteiger partial charge in [-0.3, -0.25) is 0 Å². The molecule has 1 N–H and O–H groups in total. The Balaban J connectivity index is 1.64. The first-order valence-electron chi connectivity index (χ1n) is 8.67. The van der Waals surface area contributed by atoms with Crippen LogP contribution in [0.1, 0.15) is 29.2 Å². The minimum absolute atomic E-state index is 0.0245. The van der Waals surface area contributed by atoms with Gasteiger partial charge in [0.05, 0.1) is 22.6 Å². The topological polar surface area (TPSA) is 53.4 Å². The smallest absolute Gasteiger partial charge is 0.417 e. The summed E-state index contributed by atoms with van der Waals surface area (Å²) < 4.78 is 86.3. The second-order valence-electron chi connectivity index (χ2n) is 7.28. The summed E-state index contributed by atoms with van der Waals surface area (Å²) in [5.41, 5.74) is -3.14. The highest BCUT2D eigenvalue weighted by molar-refractivity contribution is 7.06. The van der Waals surface area contributed by atoms with Gasteiger partial charge in [0.25, 0.3) is 5.92 Å². The maximum Gasteiger partial charge on any atom is 0.417 e. The SMILES string of the molecule is O=C(O)N1CCC2(CC1)C(c1cc(-c3ccc(F)cc3C(F)(F)F)ns1)C2(F)F. The number of amides is 1. The Kier molecular flexibility index (Phi) is 4.38. The molecule has 1 atom stereocenters. The highest BCUT2D eigenvalue weighted by atomic mass is 32.1. The Labute approximate surface area is 164 Å². The van der Waals surface area contributed by atoms with E-state index in [0.717, 1.165) is 17.0 Å². The third-order valence-electron chi connectivity index (χ3n) is 5.80. The van der Waals surface area contributed by atoms with Gasteiger partial charge in [0.15, 0.2) is 0 Å². The van der Waals surface area contributed by atoms with Gasteiger partial charge >= 0.3 is 12.3 Å². The zero-order valence-electron chi connectivity index (χ0n) is 14.6. The molecule has 0 bridgehead atoms. The molecule has 2 heterocycles. The van der Waals surface area contributed by atoms with Gasteiger partial charge in [-0.2, -0.15) is 17.5 Å². The largest absolute Gasteiger partial charge is 0.465 e. The number of aromatic nitrogens is 1. The molecule has 1 aromatic heterocycles. The van der Waals surface area contributed by atoms with Gasteiger partial charge in [0.2, 0.25) is 0 Å². The summed E-state index contributed by atoms with van der Waals surface area (Å²) in [6.45, 7) is -0.0491. The van der Waals surface area contributed by atoms with E-state index in [-0.39, 0.29) is 42.1 Å². The predicted molar refractivity (Wildman–Crippen MR) is 91.5 cm³/mol. The van der Waals surface area contributed by atoms with Gasteiger partial charge in [-0.15, -0.1) is 0 Å². The van der Waals surface area contributed by atoms with Crippen LogP contribution < -0.4 is 0 Å². The van der Waals surface area contributed by atoms with Gasteiger partial charge in [-0.05, 0) is 48.6 Å². The lowest BCUT2D eigenvalue weighted by Crippen LogP contribution is -2.39. The molecule has 1 aromatic carbocycles. The maximum absolute atomic E-state index is 14.7. The van der Waals surface area contributed by atoms with Gasteiger partial charge < -0.3 is 10.0 Å². The van der Waals surface area contributed by atoms with Crippen LogP contribution in [0, 0.1) is 11.2 Å². The lowest BCUT2D eigenvalue weighted by atomic mass is 9.90. The summed E-state index contributed by atoms with van der Waals surface area (Å²) >= 11 is 0.694. The number of carbonyl (C=O) groups is 1. The average Bonchev–Trinajstić information content (AvgIpc) is 2.96. The first-order valence-corrected chi connectivity index (χ1v) is 9.44. The van der Waals surface area contributed by atoms with E-state index in [1.807, 2.05) is 0 Å². The van der Waals surface area contributed by atoms with E-state index in [1.165, 1.54) is 6.07 Å². The number of benzene rings is 1. The summed E-state index contributed by atoms with van der Waals surface area (Å²) in [6, 6.07) is 3.34. The van der Waals surface area contributed by atoms with Crippen LogP contribution in [0.5, 0.6) is 0 Å². The normalized spacial score (nSPS) is 22.7. The van der Waals surface area contributed by atoms with Crippen molar-refractivity contribution in [2.24, 2.45) is 5.41 Å². The van der Waals surface area contributed by atoms with E-state index in [1.54, 1.807) is 0 Å². The van der Waals surface area contributed by atoms with E-state index < -0.39 is 40.9 Å². The average molecular weight is 436 g/mol. The minimum Gasteiger partial charge on any atom is -0.465 e.